The number of aromatic nitrogens is 1. The van der Waals surface area contributed by atoms with Gasteiger partial charge in [-0.15, -0.1) is 0 Å². The molecule has 31 heavy (non-hydrogen) atoms. The highest BCUT2D eigenvalue weighted by Gasteiger charge is 2.19. The summed E-state index contributed by atoms with van der Waals surface area (Å²) in [6, 6.07) is 21.4. The first kappa shape index (κ1) is 21.3. The Morgan fingerprint density at radius 1 is 1.03 bits per heavy atom. The number of nitrogens with one attached hydrogen (secondary N) is 2. The highest BCUT2D eigenvalue weighted by atomic mass is 35.5. The van der Waals surface area contributed by atoms with Crippen LogP contribution < -0.4 is 10.1 Å². The van der Waals surface area contributed by atoms with Gasteiger partial charge in [-0.1, -0.05) is 59.6 Å². The van der Waals surface area contributed by atoms with Crippen LogP contribution in [0.15, 0.2) is 72.9 Å². The Balaban J connectivity index is 1.57. The Bertz CT molecular complexity index is 1200. The van der Waals surface area contributed by atoms with Crippen molar-refractivity contribution in [1.82, 2.24) is 10.3 Å². The number of carbonyl (C=O) groups excluding carboxylic acids is 1. The van der Waals surface area contributed by atoms with Crippen LogP contribution in [0.4, 0.5) is 0 Å². The minimum absolute atomic E-state index is 0.0141. The molecular formula is C25H22Cl2N2O2. The van der Waals surface area contributed by atoms with Crippen LogP contribution in [0, 0.1) is 0 Å². The van der Waals surface area contributed by atoms with Crippen LogP contribution in [0.3, 0.4) is 0 Å². The number of H-pyrrole nitrogens is 1. The Morgan fingerprint density at radius 2 is 1.81 bits per heavy atom. The van der Waals surface area contributed by atoms with E-state index in [4.69, 9.17) is 27.9 Å². The molecule has 0 saturated heterocycles. The van der Waals surface area contributed by atoms with Gasteiger partial charge in [0.15, 0.2) is 0 Å². The van der Waals surface area contributed by atoms with E-state index in [0.717, 1.165) is 33.3 Å². The highest BCUT2D eigenvalue weighted by Crippen LogP contribution is 2.31. The van der Waals surface area contributed by atoms with Gasteiger partial charge in [0.25, 0.3) is 0 Å². The molecule has 4 rings (SSSR count). The highest BCUT2D eigenvalue weighted by molar-refractivity contribution is 6.42. The molecule has 0 radical (unpaired) electrons. The summed E-state index contributed by atoms with van der Waals surface area (Å²) in [5.74, 6) is 0.710. The molecule has 2 N–H and O–H groups in total. The van der Waals surface area contributed by atoms with Crippen molar-refractivity contribution in [3.63, 3.8) is 0 Å². The van der Waals surface area contributed by atoms with Crippen LogP contribution in [-0.2, 0) is 11.2 Å². The normalized spacial score (nSPS) is 12.0. The van der Waals surface area contributed by atoms with Gasteiger partial charge in [0.2, 0.25) is 5.91 Å². The lowest BCUT2D eigenvalue weighted by atomic mass is 9.90. The topological polar surface area (TPSA) is 54.1 Å². The molecule has 1 atom stereocenters. The number of carbonyl (C=O) groups is 1. The lowest BCUT2D eigenvalue weighted by Crippen LogP contribution is -2.30. The van der Waals surface area contributed by atoms with Crippen molar-refractivity contribution >= 4 is 40.0 Å². The molecule has 4 nitrogen and oxygen atoms in total. The quantitative estimate of drug-likeness (QED) is 0.362. The summed E-state index contributed by atoms with van der Waals surface area (Å²) < 4.78 is 5.30. The zero-order chi connectivity index (χ0) is 21.8. The number of amides is 1. The second-order valence-corrected chi connectivity index (χ2v) is 8.16. The third kappa shape index (κ3) is 4.87. The summed E-state index contributed by atoms with van der Waals surface area (Å²) in [5.41, 5.74) is 4.12. The largest absolute Gasteiger partial charge is 0.497 e. The van der Waals surface area contributed by atoms with E-state index in [9.17, 15) is 4.79 Å². The summed E-state index contributed by atoms with van der Waals surface area (Å²) in [6.07, 6.45) is 2.25. The van der Waals surface area contributed by atoms with Crippen molar-refractivity contribution in [2.45, 2.75) is 12.3 Å². The van der Waals surface area contributed by atoms with E-state index < -0.39 is 0 Å². The predicted molar refractivity (Wildman–Crippen MR) is 126 cm³/mol. The molecule has 0 aliphatic carbocycles. The molecule has 1 heterocycles. The molecule has 0 fully saturated rings. The van der Waals surface area contributed by atoms with Crippen LogP contribution in [-0.4, -0.2) is 24.5 Å². The first-order valence-electron chi connectivity index (χ1n) is 9.95. The van der Waals surface area contributed by atoms with E-state index in [1.54, 1.807) is 19.2 Å². The number of methoxy groups -OCH3 is 1. The second-order valence-electron chi connectivity index (χ2n) is 7.34. The summed E-state index contributed by atoms with van der Waals surface area (Å²) in [6.45, 7) is 0.467. The van der Waals surface area contributed by atoms with Crippen molar-refractivity contribution in [3.8, 4) is 5.75 Å². The molecule has 0 saturated carbocycles. The van der Waals surface area contributed by atoms with Crippen LogP contribution in [0.1, 0.15) is 22.6 Å². The van der Waals surface area contributed by atoms with E-state index in [-0.39, 0.29) is 18.2 Å². The van der Waals surface area contributed by atoms with Gasteiger partial charge < -0.3 is 15.0 Å². The van der Waals surface area contributed by atoms with Gasteiger partial charge in [-0.3, -0.25) is 4.79 Å². The van der Waals surface area contributed by atoms with Crippen molar-refractivity contribution in [2.75, 3.05) is 13.7 Å². The lowest BCUT2D eigenvalue weighted by molar-refractivity contribution is -0.120. The zero-order valence-corrected chi connectivity index (χ0v) is 18.5. The minimum atomic E-state index is -0.0725. The number of hydrogen-bond donors (Lipinski definition) is 2. The van der Waals surface area contributed by atoms with E-state index in [0.29, 0.717) is 16.6 Å². The maximum Gasteiger partial charge on any atom is 0.224 e. The number of hydrogen-bond acceptors (Lipinski definition) is 2. The molecule has 0 aliphatic rings. The molecule has 0 unspecified atom stereocenters. The maximum atomic E-state index is 12.7. The summed E-state index contributed by atoms with van der Waals surface area (Å²) >= 11 is 12.0. The summed E-state index contributed by atoms with van der Waals surface area (Å²) in [5, 5.41) is 5.15. The fourth-order valence-electron chi connectivity index (χ4n) is 3.74. The number of halogens is 2. The average Bonchev–Trinajstić information content (AvgIpc) is 3.21. The molecular weight excluding hydrogens is 431 g/mol. The molecule has 3 aromatic carbocycles. The summed E-state index contributed by atoms with van der Waals surface area (Å²) in [4.78, 5) is 16.0. The number of fused-ring (bicyclic) bond motifs is 1. The number of rotatable bonds is 7. The van der Waals surface area contributed by atoms with Crippen molar-refractivity contribution in [3.05, 3.63) is 99.7 Å². The van der Waals surface area contributed by atoms with Gasteiger partial charge in [0.05, 0.1) is 23.6 Å². The monoisotopic (exact) mass is 452 g/mol. The fraction of sp³-hybridized carbons (Fsp3) is 0.160. The van der Waals surface area contributed by atoms with Crippen LogP contribution >= 0.6 is 23.2 Å². The van der Waals surface area contributed by atoms with E-state index >= 15 is 0 Å². The molecule has 0 spiro atoms. The maximum absolute atomic E-state index is 12.7. The number of ether oxygens (including phenoxy) is 1. The van der Waals surface area contributed by atoms with Gasteiger partial charge in [0.1, 0.15) is 5.75 Å². The standard InChI is InChI=1S/C25H22Cl2N2O2/c1-31-18-9-7-17(8-10-18)20(21-15-28-24-5-3-2-4-19(21)24)14-29-25(30)13-16-6-11-22(26)23(27)12-16/h2-12,15,20,28H,13-14H2,1H3,(H,29,30)/t20-/m1/s1. The lowest BCUT2D eigenvalue weighted by Gasteiger charge is -2.19. The smallest absolute Gasteiger partial charge is 0.224 e. The Hall–Kier alpha value is -2.95. The Labute approximate surface area is 191 Å². The molecule has 4 aromatic rings. The first-order chi connectivity index (χ1) is 15.0. The first-order valence-corrected chi connectivity index (χ1v) is 10.7. The molecule has 6 heteroatoms. The third-order valence-electron chi connectivity index (χ3n) is 5.37. The van der Waals surface area contributed by atoms with Crippen LogP contribution in [0.25, 0.3) is 10.9 Å². The van der Waals surface area contributed by atoms with Gasteiger partial charge in [-0.25, -0.2) is 0 Å². The molecule has 0 bridgehead atoms. The predicted octanol–water partition coefficient (Wildman–Crippen LogP) is 5.97. The van der Waals surface area contributed by atoms with E-state index in [1.807, 2.05) is 54.7 Å². The molecule has 1 amide bonds. The summed E-state index contributed by atoms with van der Waals surface area (Å²) in [7, 11) is 1.65. The number of aromatic amines is 1. The zero-order valence-electron chi connectivity index (χ0n) is 17.0. The van der Waals surface area contributed by atoms with Crippen molar-refractivity contribution < 1.29 is 9.53 Å². The Morgan fingerprint density at radius 3 is 2.55 bits per heavy atom. The van der Waals surface area contributed by atoms with E-state index in [2.05, 4.69) is 16.4 Å². The molecule has 158 valence electrons. The van der Waals surface area contributed by atoms with Crippen molar-refractivity contribution in [2.24, 2.45) is 0 Å². The van der Waals surface area contributed by atoms with Gasteiger partial charge in [-0.05, 0) is 47.0 Å². The third-order valence-corrected chi connectivity index (χ3v) is 6.11. The van der Waals surface area contributed by atoms with Gasteiger partial charge in [0, 0.05) is 29.6 Å². The average molecular weight is 453 g/mol. The number of para-hydroxylation sites is 1. The molecule has 0 aliphatic heterocycles. The van der Waals surface area contributed by atoms with Gasteiger partial charge in [-0.2, -0.15) is 0 Å². The molecule has 1 aromatic heterocycles. The Kier molecular flexibility index (Phi) is 6.50. The van der Waals surface area contributed by atoms with Crippen LogP contribution in [0.5, 0.6) is 5.75 Å². The second kappa shape index (κ2) is 9.46. The van der Waals surface area contributed by atoms with E-state index in [1.165, 1.54) is 0 Å². The fourth-order valence-corrected chi connectivity index (χ4v) is 4.06. The van der Waals surface area contributed by atoms with Gasteiger partial charge >= 0.3 is 0 Å². The van der Waals surface area contributed by atoms with Crippen LogP contribution in [0.2, 0.25) is 10.0 Å². The SMILES string of the molecule is COc1ccc([C@@H](CNC(=O)Cc2ccc(Cl)c(Cl)c2)c2c[nH]c3ccccc23)cc1. The van der Waals surface area contributed by atoms with Crippen molar-refractivity contribution in [1.29, 1.82) is 0 Å². The minimum Gasteiger partial charge on any atom is -0.497 e. The number of benzene rings is 3.